The van der Waals surface area contributed by atoms with Gasteiger partial charge in [-0.15, -0.1) is 11.3 Å². The van der Waals surface area contributed by atoms with Crippen LogP contribution in [-0.4, -0.2) is 34.5 Å². The molecule has 3 rings (SSSR count). The largest absolute Gasteiger partial charge is 0.344 e. The van der Waals surface area contributed by atoms with Crippen LogP contribution in [0.3, 0.4) is 0 Å². The van der Waals surface area contributed by atoms with Crippen LogP contribution in [0.2, 0.25) is 0 Å². The highest BCUT2D eigenvalue weighted by Gasteiger charge is 2.16. The van der Waals surface area contributed by atoms with Crippen LogP contribution in [-0.2, 0) is 6.54 Å². The molecular formula is C17H19N3OS. The van der Waals surface area contributed by atoms with E-state index >= 15 is 0 Å². The van der Waals surface area contributed by atoms with Gasteiger partial charge in [-0.3, -0.25) is 4.79 Å². The lowest BCUT2D eigenvalue weighted by Crippen LogP contribution is -2.20. The van der Waals surface area contributed by atoms with E-state index in [1.165, 1.54) is 11.3 Å². The number of imidazole rings is 1. The van der Waals surface area contributed by atoms with Crippen molar-refractivity contribution in [1.82, 2.24) is 14.5 Å². The topological polar surface area (TPSA) is 38.1 Å². The van der Waals surface area contributed by atoms with Crippen molar-refractivity contribution in [3.63, 3.8) is 0 Å². The van der Waals surface area contributed by atoms with Gasteiger partial charge >= 0.3 is 0 Å². The van der Waals surface area contributed by atoms with Crippen molar-refractivity contribution in [2.24, 2.45) is 0 Å². The van der Waals surface area contributed by atoms with Gasteiger partial charge in [0.25, 0.3) is 5.91 Å². The van der Waals surface area contributed by atoms with E-state index in [9.17, 15) is 4.79 Å². The van der Waals surface area contributed by atoms with Gasteiger partial charge in [0.1, 0.15) is 0 Å². The number of para-hydroxylation sites is 2. The quantitative estimate of drug-likeness (QED) is 0.733. The Labute approximate surface area is 134 Å². The van der Waals surface area contributed by atoms with Crippen LogP contribution in [0.4, 0.5) is 0 Å². The second-order valence-corrected chi connectivity index (χ2v) is 6.52. The van der Waals surface area contributed by atoms with Crippen LogP contribution in [0.15, 0.2) is 36.4 Å². The summed E-state index contributed by atoms with van der Waals surface area (Å²) in [5.74, 6) is 0.986. The number of carbonyl (C=O) groups excluding carboxylic acids is 1. The molecule has 5 heteroatoms. The molecule has 0 fully saturated rings. The maximum Gasteiger partial charge on any atom is 0.263 e. The molecule has 2 aromatic heterocycles. The van der Waals surface area contributed by atoms with Crippen LogP contribution in [0, 0.1) is 0 Å². The number of hydrogen-bond donors (Lipinski definition) is 0. The third kappa shape index (κ3) is 2.52. The van der Waals surface area contributed by atoms with Crippen molar-refractivity contribution >= 4 is 28.3 Å². The molecule has 1 amide bonds. The molecule has 3 aromatic rings. The molecule has 0 unspecified atom stereocenters. The first kappa shape index (κ1) is 14.8. The molecule has 4 nitrogen and oxygen atoms in total. The van der Waals surface area contributed by atoms with E-state index < -0.39 is 0 Å². The zero-order valence-corrected chi connectivity index (χ0v) is 13.9. The first-order chi connectivity index (χ1) is 10.6. The van der Waals surface area contributed by atoms with Crippen molar-refractivity contribution in [3.8, 4) is 10.7 Å². The third-order valence-electron chi connectivity index (χ3n) is 3.55. The zero-order chi connectivity index (χ0) is 15.7. The number of aromatic nitrogens is 2. The standard InChI is InChI=1S/C17H19N3OS/c1-4-11-20-13-8-6-5-7-12(13)18-16(20)14-9-10-15(22-14)17(21)19(2)3/h5-10H,4,11H2,1-3H3. The molecule has 0 aliphatic heterocycles. The second kappa shape index (κ2) is 5.93. The molecule has 0 saturated carbocycles. The third-order valence-corrected chi connectivity index (χ3v) is 4.61. The summed E-state index contributed by atoms with van der Waals surface area (Å²) in [4.78, 5) is 20.2. The minimum absolute atomic E-state index is 0.0365. The predicted molar refractivity (Wildman–Crippen MR) is 91.4 cm³/mol. The fourth-order valence-corrected chi connectivity index (χ4v) is 3.53. The van der Waals surface area contributed by atoms with Gasteiger partial charge in [0, 0.05) is 20.6 Å². The fraction of sp³-hybridized carbons (Fsp3) is 0.294. The maximum absolute atomic E-state index is 12.1. The maximum atomic E-state index is 12.1. The molecule has 22 heavy (non-hydrogen) atoms. The monoisotopic (exact) mass is 313 g/mol. The molecule has 0 bridgehead atoms. The molecule has 0 spiro atoms. The first-order valence-corrected chi connectivity index (χ1v) is 8.20. The molecule has 1 aromatic carbocycles. The zero-order valence-electron chi connectivity index (χ0n) is 13.0. The van der Waals surface area contributed by atoms with Gasteiger partial charge in [0.2, 0.25) is 0 Å². The smallest absolute Gasteiger partial charge is 0.263 e. The Bertz CT molecular complexity index is 816. The van der Waals surface area contributed by atoms with Gasteiger partial charge < -0.3 is 9.47 Å². The predicted octanol–water partition coefficient (Wildman–Crippen LogP) is 3.88. The number of thiophene rings is 1. The molecule has 0 N–H and O–H groups in total. The van der Waals surface area contributed by atoms with E-state index in [1.54, 1.807) is 19.0 Å². The van der Waals surface area contributed by atoms with E-state index in [2.05, 4.69) is 17.6 Å². The van der Waals surface area contributed by atoms with Gasteiger partial charge in [-0.25, -0.2) is 4.98 Å². The number of aryl methyl sites for hydroxylation is 1. The van der Waals surface area contributed by atoms with Crippen molar-refractivity contribution in [2.75, 3.05) is 14.1 Å². The Balaban J connectivity index is 2.10. The van der Waals surface area contributed by atoms with Gasteiger partial charge in [-0.2, -0.15) is 0 Å². The van der Waals surface area contributed by atoms with Crippen molar-refractivity contribution in [1.29, 1.82) is 0 Å². The van der Waals surface area contributed by atoms with Gasteiger partial charge in [0.15, 0.2) is 5.82 Å². The summed E-state index contributed by atoms with van der Waals surface area (Å²) >= 11 is 1.50. The van der Waals surface area contributed by atoms with Gasteiger partial charge in [-0.05, 0) is 30.7 Å². The lowest BCUT2D eigenvalue weighted by atomic mass is 10.3. The Kier molecular flexibility index (Phi) is 3.98. The number of benzene rings is 1. The molecule has 2 heterocycles. The van der Waals surface area contributed by atoms with Crippen LogP contribution >= 0.6 is 11.3 Å². The minimum atomic E-state index is 0.0365. The molecule has 0 saturated heterocycles. The van der Waals surface area contributed by atoms with Crippen molar-refractivity contribution < 1.29 is 4.79 Å². The van der Waals surface area contributed by atoms with E-state index in [0.29, 0.717) is 0 Å². The lowest BCUT2D eigenvalue weighted by Gasteiger charge is -2.07. The second-order valence-electron chi connectivity index (χ2n) is 5.44. The highest BCUT2D eigenvalue weighted by Crippen LogP contribution is 2.31. The van der Waals surface area contributed by atoms with Crippen LogP contribution < -0.4 is 0 Å². The summed E-state index contributed by atoms with van der Waals surface area (Å²) in [6.45, 7) is 3.08. The molecule has 0 aliphatic carbocycles. The highest BCUT2D eigenvalue weighted by molar-refractivity contribution is 7.17. The van der Waals surface area contributed by atoms with E-state index in [0.717, 1.165) is 39.6 Å². The summed E-state index contributed by atoms with van der Waals surface area (Å²) in [6.07, 6.45) is 1.04. The fourth-order valence-electron chi connectivity index (χ4n) is 2.51. The van der Waals surface area contributed by atoms with Crippen molar-refractivity contribution in [2.45, 2.75) is 19.9 Å². The number of hydrogen-bond acceptors (Lipinski definition) is 3. The Morgan fingerprint density at radius 3 is 2.73 bits per heavy atom. The highest BCUT2D eigenvalue weighted by atomic mass is 32.1. The Morgan fingerprint density at radius 1 is 1.23 bits per heavy atom. The lowest BCUT2D eigenvalue weighted by molar-refractivity contribution is 0.0832. The van der Waals surface area contributed by atoms with Gasteiger partial charge in [-0.1, -0.05) is 19.1 Å². The SMILES string of the molecule is CCCn1c(-c2ccc(C(=O)N(C)C)s2)nc2ccccc21. The summed E-state index contributed by atoms with van der Waals surface area (Å²) < 4.78 is 2.24. The summed E-state index contributed by atoms with van der Waals surface area (Å²) in [6, 6.07) is 12.1. The van der Waals surface area contributed by atoms with E-state index in [-0.39, 0.29) is 5.91 Å². The van der Waals surface area contributed by atoms with E-state index in [1.807, 2.05) is 30.3 Å². The normalized spacial score (nSPS) is 11.0. The Hall–Kier alpha value is -2.14. The average molecular weight is 313 g/mol. The van der Waals surface area contributed by atoms with Crippen molar-refractivity contribution in [3.05, 3.63) is 41.3 Å². The Morgan fingerprint density at radius 2 is 2.00 bits per heavy atom. The number of fused-ring (bicyclic) bond motifs is 1. The number of rotatable bonds is 4. The number of amides is 1. The molecule has 0 atom stereocenters. The number of nitrogens with zero attached hydrogens (tertiary/aromatic N) is 3. The molecule has 114 valence electrons. The van der Waals surface area contributed by atoms with Crippen LogP contribution in [0.25, 0.3) is 21.7 Å². The summed E-state index contributed by atoms with van der Waals surface area (Å²) in [5, 5.41) is 0. The average Bonchev–Trinajstić information content (AvgIpc) is 3.12. The minimum Gasteiger partial charge on any atom is -0.344 e. The first-order valence-electron chi connectivity index (χ1n) is 7.39. The van der Waals surface area contributed by atoms with Crippen LogP contribution in [0.5, 0.6) is 0 Å². The number of carbonyl (C=O) groups is 1. The van der Waals surface area contributed by atoms with E-state index in [4.69, 9.17) is 4.98 Å². The summed E-state index contributed by atoms with van der Waals surface area (Å²) in [7, 11) is 3.54. The summed E-state index contributed by atoms with van der Waals surface area (Å²) in [5.41, 5.74) is 2.15. The van der Waals surface area contributed by atoms with Gasteiger partial charge in [0.05, 0.1) is 20.8 Å². The van der Waals surface area contributed by atoms with Crippen LogP contribution in [0.1, 0.15) is 23.0 Å². The molecule has 0 aliphatic rings. The molecule has 0 radical (unpaired) electrons. The molecular weight excluding hydrogens is 294 g/mol.